The lowest BCUT2D eigenvalue weighted by Gasteiger charge is -2.11. The highest BCUT2D eigenvalue weighted by molar-refractivity contribution is 6.06. The first-order chi connectivity index (χ1) is 15.2. The molecule has 0 atom stereocenters. The van der Waals surface area contributed by atoms with E-state index < -0.39 is 0 Å². The number of benzene rings is 2. The third-order valence-corrected chi connectivity index (χ3v) is 4.91. The van der Waals surface area contributed by atoms with Crippen LogP contribution in [0.3, 0.4) is 0 Å². The maximum Gasteiger partial charge on any atom is 0.254 e. The number of nitrogens with zero attached hydrogens (tertiary/aromatic N) is 3. The van der Waals surface area contributed by atoms with Crippen molar-refractivity contribution < 1.29 is 9.59 Å². The number of hydrogen-bond acceptors (Lipinski definition) is 5. The second-order valence-electron chi connectivity index (χ2n) is 6.88. The van der Waals surface area contributed by atoms with E-state index in [9.17, 15) is 9.59 Å². The van der Waals surface area contributed by atoms with Crippen LogP contribution in [-0.4, -0.2) is 40.4 Å². The van der Waals surface area contributed by atoms with Gasteiger partial charge in [0.15, 0.2) is 5.82 Å². The topological polar surface area (TPSA) is 96.9 Å². The van der Waals surface area contributed by atoms with Gasteiger partial charge in [0.1, 0.15) is 0 Å². The van der Waals surface area contributed by atoms with Crippen LogP contribution in [0, 0.1) is 0 Å². The summed E-state index contributed by atoms with van der Waals surface area (Å²) in [4.78, 5) is 38.2. The lowest BCUT2D eigenvalue weighted by molar-refractivity contribution is 0.0953. The van der Waals surface area contributed by atoms with Crippen LogP contribution in [0.2, 0.25) is 0 Å². The van der Waals surface area contributed by atoms with Crippen molar-refractivity contribution in [2.45, 2.75) is 6.42 Å². The number of hydrogen-bond donors (Lipinski definition) is 2. The summed E-state index contributed by atoms with van der Waals surface area (Å²) in [6.45, 7) is 0.324. The van der Waals surface area contributed by atoms with Crippen LogP contribution in [0.1, 0.15) is 26.4 Å². The minimum atomic E-state index is -0.263. The van der Waals surface area contributed by atoms with Gasteiger partial charge in [-0.25, -0.2) is 9.97 Å². The van der Waals surface area contributed by atoms with Gasteiger partial charge in [0.25, 0.3) is 11.8 Å². The van der Waals surface area contributed by atoms with Gasteiger partial charge >= 0.3 is 0 Å². The Bertz CT molecular complexity index is 1240. The molecule has 4 rings (SSSR count). The lowest BCUT2D eigenvalue weighted by atomic mass is 10.1. The number of amides is 2. The summed E-state index contributed by atoms with van der Waals surface area (Å²) in [6.07, 6.45) is 3.62. The molecule has 2 amide bonds. The molecule has 2 heterocycles. The first-order valence-electron chi connectivity index (χ1n) is 9.92. The second kappa shape index (κ2) is 9.13. The molecule has 0 aliphatic rings. The Kier molecular flexibility index (Phi) is 5.93. The van der Waals surface area contributed by atoms with Gasteiger partial charge < -0.3 is 10.6 Å². The normalized spacial score (nSPS) is 10.6. The second-order valence-corrected chi connectivity index (χ2v) is 6.88. The molecule has 4 aromatic rings. The van der Waals surface area contributed by atoms with E-state index in [1.165, 1.54) is 6.20 Å². The summed E-state index contributed by atoms with van der Waals surface area (Å²) in [5.74, 6) is 0.0770. The molecule has 2 aromatic carbocycles. The fraction of sp³-hybridized carbons (Fsp3) is 0.125. The quantitative estimate of drug-likeness (QED) is 0.508. The van der Waals surface area contributed by atoms with Crippen LogP contribution < -0.4 is 10.6 Å². The van der Waals surface area contributed by atoms with E-state index in [1.54, 1.807) is 25.4 Å². The molecule has 0 unspecified atom stereocenters. The van der Waals surface area contributed by atoms with E-state index in [0.717, 1.165) is 16.5 Å². The zero-order valence-corrected chi connectivity index (χ0v) is 17.0. The zero-order chi connectivity index (χ0) is 21.6. The molecule has 7 heteroatoms. The van der Waals surface area contributed by atoms with Crippen LogP contribution in [0.15, 0.2) is 73.1 Å². The molecule has 0 spiro atoms. The number of nitrogens with one attached hydrogen (secondary N) is 2. The standard InChI is InChI=1S/C24H21N5O2/c1-25-23(30)19-15-28-22(16-7-3-2-4-8-16)29-21(19)12-14-27-24(31)18-9-5-11-20-17(18)10-6-13-26-20/h2-11,13,15H,12,14H2,1H3,(H,25,30)(H,27,31). The Morgan fingerprint density at radius 1 is 0.871 bits per heavy atom. The maximum atomic E-state index is 12.8. The monoisotopic (exact) mass is 411 g/mol. The molecule has 7 nitrogen and oxygen atoms in total. The van der Waals surface area contributed by atoms with Gasteiger partial charge in [0.05, 0.1) is 16.8 Å². The number of rotatable bonds is 6. The SMILES string of the molecule is CNC(=O)c1cnc(-c2ccccc2)nc1CCNC(=O)c1cccc2ncccc12. The summed E-state index contributed by atoms with van der Waals surface area (Å²) < 4.78 is 0. The van der Waals surface area contributed by atoms with E-state index >= 15 is 0 Å². The van der Waals surface area contributed by atoms with E-state index in [4.69, 9.17) is 0 Å². The minimum absolute atomic E-state index is 0.197. The largest absolute Gasteiger partial charge is 0.355 e. The molecule has 0 saturated heterocycles. The number of fused-ring (bicyclic) bond motifs is 1. The molecule has 2 N–H and O–H groups in total. The Labute approximate surface area is 179 Å². The summed E-state index contributed by atoms with van der Waals surface area (Å²) in [5, 5.41) is 6.33. The number of carbonyl (C=O) groups excluding carboxylic acids is 2. The predicted octanol–water partition coefficient (Wildman–Crippen LogP) is 3.02. The van der Waals surface area contributed by atoms with Gasteiger partial charge in [-0.15, -0.1) is 0 Å². The van der Waals surface area contributed by atoms with Crippen molar-refractivity contribution in [3.8, 4) is 11.4 Å². The lowest BCUT2D eigenvalue weighted by Crippen LogP contribution is -2.27. The van der Waals surface area contributed by atoms with E-state index in [2.05, 4.69) is 25.6 Å². The maximum absolute atomic E-state index is 12.8. The Morgan fingerprint density at radius 2 is 1.71 bits per heavy atom. The van der Waals surface area contributed by atoms with Crippen LogP contribution in [-0.2, 0) is 6.42 Å². The first-order valence-corrected chi connectivity index (χ1v) is 9.92. The van der Waals surface area contributed by atoms with Crippen molar-refractivity contribution in [1.82, 2.24) is 25.6 Å². The molecule has 0 aliphatic heterocycles. The van der Waals surface area contributed by atoms with E-state index in [0.29, 0.717) is 35.6 Å². The average molecular weight is 411 g/mol. The van der Waals surface area contributed by atoms with Crippen LogP contribution >= 0.6 is 0 Å². The van der Waals surface area contributed by atoms with Crippen LogP contribution in [0.4, 0.5) is 0 Å². The summed E-state index contributed by atoms with van der Waals surface area (Å²) in [5.41, 5.74) is 3.16. The summed E-state index contributed by atoms with van der Waals surface area (Å²) >= 11 is 0. The van der Waals surface area contributed by atoms with Gasteiger partial charge in [-0.05, 0) is 18.2 Å². The predicted molar refractivity (Wildman–Crippen MR) is 119 cm³/mol. The molecule has 0 saturated carbocycles. The molecular formula is C24H21N5O2. The van der Waals surface area contributed by atoms with Gasteiger partial charge in [-0.2, -0.15) is 0 Å². The summed E-state index contributed by atoms with van der Waals surface area (Å²) in [6, 6.07) is 18.7. The van der Waals surface area contributed by atoms with Crippen LogP contribution in [0.5, 0.6) is 0 Å². The Hall–Kier alpha value is -4.13. The number of pyridine rings is 1. The van der Waals surface area contributed by atoms with E-state index in [-0.39, 0.29) is 11.8 Å². The minimum Gasteiger partial charge on any atom is -0.355 e. The molecule has 0 bridgehead atoms. The van der Waals surface area contributed by atoms with Gasteiger partial charge in [-0.3, -0.25) is 14.6 Å². The number of carbonyl (C=O) groups is 2. The van der Waals surface area contributed by atoms with Crippen molar-refractivity contribution >= 4 is 22.7 Å². The van der Waals surface area contributed by atoms with Crippen molar-refractivity contribution in [3.05, 3.63) is 89.9 Å². The Balaban J connectivity index is 1.54. The van der Waals surface area contributed by atoms with E-state index in [1.807, 2.05) is 48.5 Å². The highest BCUT2D eigenvalue weighted by atomic mass is 16.2. The third-order valence-electron chi connectivity index (χ3n) is 4.91. The van der Waals surface area contributed by atoms with Crippen molar-refractivity contribution in [3.63, 3.8) is 0 Å². The molecule has 2 aromatic heterocycles. The third kappa shape index (κ3) is 4.40. The van der Waals surface area contributed by atoms with Crippen molar-refractivity contribution in [2.75, 3.05) is 13.6 Å². The molecular weight excluding hydrogens is 390 g/mol. The fourth-order valence-corrected chi connectivity index (χ4v) is 3.35. The first kappa shape index (κ1) is 20.2. The van der Waals surface area contributed by atoms with Gasteiger partial charge in [-0.1, -0.05) is 42.5 Å². The highest BCUT2D eigenvalue weighted by Gasteiger charge is 2.15. The van der Waals surface area contributed by atoms with Gasteiger partial charge in [0.2, 0.25) is 0 Å². The zero-order valence-electron chi connectivity index (χ0n) is 17.0. The molecule has 31 heavy (non-hydrogen) atoms. The highest BCUT2D eigenvalue weighted by Crippen LogP contribution is 2.18. The van der Waals surface area contributed by atoms with Crippen molar-refractivity contribution in [2.24, 2.45) is 0 Å². The van der Waals surface area contributed by atoms with Crippen molar-refractivity contribution in [1.29, 1.82) is 0 Å². The smallest absolute Gasteiger partial charge is 0.254 e. The molecule has 0 aliphatic carbocycles. The number of aromatic nitrogens is 3. The molecule has 154 valence electrons. The average Bonchev–Trinajstić information content (AvgIpc) is 2.83. The fourth-order valence-electron chi connectivity index (χ4n) is 3.35. The molecule has 0 radical (unpaired) electrons. The summed E-state index contributed by atoms with van der Waals surface area (Å²) in [7, 11) is 1.56. The van der Waals surface area contributed by atoms with Gasteiger partial charge in [0, 0.05) is 48.9 Å². The van der Waals surface area contributed by atoms with Crippen LogP contribution in [0.25, 0.3) is 22.3 Å². The Morgan fingerprint density at radius 3 is 2.52 bits per heavy atom. The molecule has 0 fully saturated rings.